The van der Waals surface area contributed by atoms with Crippen LogP contribution in [0.5, 0.6) is 0 Å². The van der Waals surface area contributed by atoms with Gasteiger partial charge in [0.2, 0.25) is 0 Å². The number of benzene rings is 1. The van der Waals surface area contributed by atoms with E-state index in [0.717, 1.165) is 0 Å². The van der Waals surface area contributed by atoms with Crippen molar-refractivity contribution in [3.05, 3.63) is 54.5 Å². The molecule has 110 valence electrons. The van der Waals surface area contributed by atoms with E-state index >= 15 is 0 Å². The molecule has 0 aliphatic heterocycles. The lowest BCUT2D eigenvalue weighted by atomic mass is 10.2. The van der Waals surface area contributed by atoms with Gasteiger partial charge in [0.1, 0.15) is 5.69 Å². The predicted molar refractivity (Wildman–Crippen MR) is 79.6 cm³/mol. The van der Waals surface area contributed by atoms with Crippen LogP contribution < -0.4 is 4.72 Å². The van der Waals surface area contributed by atoms with Crippen LogP contribution in [0.2, 0.25) is 0 Å². The standard InChI is InChI=1S/C14H11N5O2S/c15-7-6-11-4-1-2-5-13(11)22(20,21)18-12-10-17-19-9-3-8-16-14(12)19/h1-5,8-10,18H,6H2. The number of nitrogens with zero attached hydrogens (tertiary/aromatic N) is 4. The first kappa shape index (κ1) is 14.0. The van der Waals surface area contributed by atoms with Gasteiger partial charge in [-0.1, -0.05) is 18.2 Å². The number of hydrogen-bond donors (Lipinski definition) is 1. The predicted octanol–water partition coefficient (Wildman–Crippen LogP) is 1.60. The molecule has 0 radical (unpaired) electrons. The average Bonchev–Trinajstić information content (AvgIpc) is 2.91. The minimum Gasteiger partial charge on any atom is -0.274 e. The topological polar surface area (TPSA) is 100 Å². The Balaban J connectivity index is 2.03. The van der Waals surface area contributed by atoms with Crippen LogP contribution in [0.25, 0.3) is 5.65 Å². The van der Waals surface area contributed by atoms with Crippen LogP contribution in [0.1, 0.15) is 5.56 Å². The van der Waals surface area contributed by atoms with Crippen LogP contribution in [0.15, 0.2) is 53.8 Å². The van der Waals surface area contributed by atoms with Gasteiger partial charge in [0.15, 0.2) is 5.65 Å². The number of fused-ring (bicyclic) bond motifs is 1. The third kappa shape index (κ3) is 2.49. The molecule has 3 rings (SSSR count). The Labute approximate surface area is 126 Å². The Morgan fingerprint density at radius 1 is 1.27 bits per heavy atom. The molecule has 2 heterocycles. The van der Waals surface area contributed by atoms with Crippen molar-refractivity contribution in [2.24, 2.45) is 0 Å². The Morgan fingerprint density at radius 3 is 2.91 bits per heavy atom. The van der Waals surface area contributed by atoms with Gasteiger partial charge in [0.05, 0.1) is 23.6 Å². The van der Waals surface area contributed by atoms with Crippen molar-refractivity contribution in [2.75, 3.05) is 4.72 Å². The number of aromatic nitrogens is 3. The zero-order valence-corrected chi connectivity index (χ0v) is 12.2. The van der Waals surface area contributed by atoms with Gasteiger partial charge in [-0.25, -0.2) is 17.9 Å². The Kier molecular flexibility index (Phi) is 3.48. The fourth-order valence-corrected chi connectivity index (χ4v) is 3.38. The number of rotatable bonds is 4. The van der Waals surface area contributed by atoms with Crippen molar-refractivity contribution in [2.45, 2.75) is 11.3 Å². The maximum Gasteiger partial charge on any atom is 0.262 e. The minimum atomic E-state index is -3.82. The van der Waals surface area contributed by atoms with Crippen LogP contribution in [0.3, 0.4) is 0 Å². The molecule has 0 aliphatic carbocycles. The van der Waals surface area contributed by atoms with Gasteiger partial charge in [0, 0.05) is 12.4 Å². The van der Waals surface area contributed by atoms with Crippen LogP contribution in [0, 0.1) is 11.3 Å². The molecule has 0 amide bonds. The first-order valence-corrected chi connectivity index (χ1v) is 7.86. The molecule has 1 aromatic carbocycles. The SMILES string of the molecule is N#CCc1ccccc1S(=O)(=O)Nc1cnn2cccnc12. The number of hydrogen-bond acceptors (Lipinski definition) is 5. The highest BCUT2D eigenvalue weighted by Crippen LogP contribution is 2.22. The number of nitriles is 1. The molecule has 3 aromatic rings. The minimum absolute atomic E-state index is 0.0179. The van der Waals surface area contributed by atoms with Crippen molar-refractivity contribution < 1.29 is 8.42 Å². The zero-order valence-electron chi connectivity index (χ0n) is 11.3. The number of anilines is 1. The third-order valence-electron chi connectivity index (χ3n) is 3.06. The molecular weight excluding hydrogens is 302 g/mol. The molecule has 0 unspecified atom stereocenters. The van der Waals surface area contributed by atoms with Gasteiger partial charge in [-0.05, 0) is 17.7 Å². The van der Waals surface area contributed by atoms with E-state index in [-0.39, 0.29) is 17.0 Å². The second-order valence-electron chi connectivity index (χ2n) is 4.49. The molecule has 7 nitrogen and oxygen atoms in total. The smallest absolute Gasteiger partial charge is 0.262 e. The maximum absolute atomic E-state index is 12.6. The van der Waals surface area contributed by atoms with Crippen molar-refractivity contribution >= 4 is 21.4 Å². The Hall–Kier alpha value is -2.92. The molecule has 0 atom stereocenters. The van der Waals surface area contributed by atoms with Gasteiger partial charge in [-0.15, -0.1) is 0 Å². The van der Waals surface area contributed by atoms with Gasteiger partial charge in [-0.3, -0.25) is 4.72 Å². The van der Waals surface area contributed by atoms with Gasteiger partial charge < -0.3 is 0 Å². The summed E-state index contributed by atoms with van der Waals surface area (Å²) < 4.78 is 29.1. The second kappa shape index (κ2) is 5.46. The van der Waals surface area contributed by atoms with Crippen LogP contribution >= 0.6 is 0 Å². The Bertz CT molecular complexity index is 972. The highest BCUT2D eigenvalue weighted by Gasteiger charge is 2.20. The summed E-state index contributed by atoms with van der Waals surface area (Å²) in [7, 11) is -3.82. The molecule has 0 spiro atoms. The summed E-state index contributed by atoms with van der Waals surface area (Å²) in [6.45, 7) is 0. The second-order valence-corrected chi connectivity index (χ2v) is 6.15. The summed E-state index contributed by atoms with van der Waals surface area (Å²) in [4.78, 5) is 4.17. The highest BCUT2D eigenvalue weighted by atomic mass is 32.2. The summed E-state index contributed by atoms with van der Waals surface area (Å²) in [5, 5.41) is 12.8. The monoisotopic (exact) mass is 313 g/mol. The molecule has 0 bridgehead atoms. The van der Waals surface area contributed by atoms with Crippen molar-refractivity contribution in [1.29, 1.82) is 5.26 Å². The lowest BCUT2D eigenvalue weighted by molar-refractivity contribution is 0.600. The average molecular weight is 313 g/mol. The first-order valence-electron chi connectivity index (χ1n) is 6.38. The normalized spacial score (nSPS) is 11.2. The van der Waals surface area contributed by atoms with Gasteiger partial charge in [0.25, 0.3) is 10.0 Å². The van der Waals surface area contributed by atoms with E-state index in [1.54, 1.807) is 36.7 Å². The quantitative estimate of drug-likeness (QED) is 0.788. The number of nitrogens with one attached hydrogen (secondary N) is 1. The molecule has 1 N–H and O–H groups in total. The van der Waals surface area contributed by atoms with E-state index in [2.05, 4.69) is 14.8 Å². The molecular formula is C14H11N5O2S. The van der Waals surface area contributed by atoms with E-state index in [0.29, 0.717) is 11.2 Å². The molecule has 0 aliphatic rings. The van der Waals surface area contributed by atoms with E-state index in [1.807, 2.05) is 6.07 Å². The van der Waals surface area contributed by atoms with Gasteiger partial charge in [-0.2, -0.15) is 10.4 Å². The summed E-state index contributed by atoms with van der Waals surface area (Å²) in [6, 6.07) is 10.1. The molecule has 0 fully saturated rings. The van der Waals surface area contributed by atoms with E-state index < -0.39 is 10.0 Å². The van der Waals surface area contributed by atoms with Crippen LogP contribution in [0.4, 0.5) is 5.69 Å². The van der Waals surface area contributed by atoms with Crippen molar-refractivity contribution in [3.63, 3.8) is 0 Å². The molecule has 0 saturated heterocycles. The van der Waals surface area contributed by atoms with Crippen molar-refractivity contribution in [3.8, 4) is 6.07 Å². The largest absolute Gasteiger partial charge is 0.274 e. The maximum atomic E-state index is 12.6. The Morgan fingerprint density at radius 2 is 2.09 bits per heavy atom. The summed E-state index contributed by atoms with van der Waals surface area (Å²) in [5.74, 6) is 0. The lowest BCUT2D eigenvalue weighted by Gasteiger charge is -2.09. The summed E-state index contributed by atoms with van der Waals surface area (Å²) in [6.07, 6.45) is 4.64. The highest BCUT2D eigenvalue weighted by molar-refractivity contribution is 7.92. The lowest BCUT2D eigenvalue weighted by Crippen LogP contribution is -2.15. The van der Waals surface area contributed by atoms with E-state index in [4.69, 9.17) is 5.26 Å². The number of sulfonamides is 1. The van der Waals surface area contributed by atoms with Crippen molar-refractivity contribution in [1.82, 2.24) is 14.6 Å². The molecule has 22 heavy (non-hydrogen) atoms. The molecule has 2 aromatic heterocycles. The fraction of sp³-hybridized carbons (Fsp3) is 0.0714. The summed E-state index contributed by atoms with van der Waals surface area (Å²) >= 11 is 0. The van der Waals surface area contributed by atoms with E-state index in [1.165, 1.54) is 16.8 Å². The van der Waals surface area contributed by atoms with Crippen LogP contribution in [-0.2, 0) is 16.4 Å². The third-order valence-corrected chi connectivity index (χ3v) is 4.52. The van der Waals surface area contributed by atoms with Gasteiger partial charge >= 0.3 is 0 Å². The zero-order chi connectivity index (χ0) is 15.6. The summed E-state index contributed by atoms with van der Waals surface area (Å²) in [5.41, 5.74) is 1.14. The molecule has 0 saturated carbocycles. The fourth-order valence-electron chi connectivity index (χ4n) is 2.10. The first-order chi connectivity index (χ1) is 10.6. The van der Waals surface area contributed by atoms with Crippen LogP contribution in [-0.4, -0.2) is 23.0 Å². The molecule has 8 heteroatoms. The van der Waals surface area contributed by atoms with E-state index in [9.17, 15) is 8.42 Å².